The summed E-state index contributed by atoms with van der Waals surface area (Å²) < 4.78 is 5.65. The van der Waals surface area contributed by atoms with Gasteiger partial charge in [0.2, 0.25) is 11.8 Å². The molecular weight excluding hydrogens is 366 g/mol. The van der Waals surface area contributed by atoms with E-state index in [0.29, 0.717) is 23.0 Å². The van der Waals surface area contributed by atoms with Crippen molar-refractivity contribution in [2.75, 3.05) is 5.32 Å². The number of rotatable bonds is 7. The van der Waals surface area contributed by atoms with E-state index in [9.17, 15) is 14.9 Å². The maximum Gasteiger partial charge on any atom is 0.249 e. The van der Waals surface area contributed by atoms with Crippen molar-refractivity contribution in [2.24, 2.45) is 5.92 Å². The molecule has 1 N–H and O–H groups in total. The highest BCUT2D eigenvalue weighted by Crippen LogP contribution is 2.22. The fourth-order valence-electron chi connectivity index (χ4n) is 2.88. The summed E-state index contributed by atoms with van der Waals surface area (Å²) in [5.41, 5.74) is 2.89. The van der Waals surface area contributed by atoms with Crippen LogP contribution in [0.15, 0.2) is 59.0 Å². The van der Waals surface area contributed by atoms with Crippen LogP contribution in [0, 0.1) is 24.2 Å². The fraction of sp³-hybridized carbons (Fsp3) is 0.217. The number of aromatic nitrogens is 1. The van der Waals surface area contributed by atoms with Crippen molar-refractivity contribution in [3.63, 3.8) is 0 Å². The number of carbonyl (C=O) groups is 2. The van der Waals surface area contributed by atoms with Gasteiger partial charge in [-0.15, -0.1) is 0 Å². The number of hydrogen-bond acceptors (Lipinski definition) is 5. The molecule has 2 aromatic carbocycles. The molecule has 3 rings (SSSR count). The number of amides is 1. The Morgan fingerprint density at radius 3 is 2.45 bits per heavy atom. The van der Waals surface area contributed by atoms with Gasteiger partial charge in [-0.1, -0.05) is 37.3 Å². The lowest BCUT2D eigenvalue weighted by molar-refractivity contribution is -0.128. The molecule has 0 saturated heterocycles. The fourth-order valence-corrected chi connectivity index (χ4v) is 2.88. The molecule has 29 heavy (non-hydrogen) atoms. The number of nitrogens with zero attached hydrogens (tertiary/aromatic N) is 2. The zero-order chi connectivity index (χ0) is 20.8. The number of oxazole rings is 1. The van der Waals surface area contributed by atoms with Gasteiger partial charge in [-0.3, -0.25) is 9.59 Å². The second-order valence-electron chi connectivity index (χ2n) is 6.63. The minimum atomic E-state index is -1.42. The molecular formula is C23H21N3O3. The van der Waals surface area contributed by atoms with Gasteiger partial charge in [0.25, 0.3) is 0 Å². The third kappa shape index (κ3) is 4.77. The number of nitrogens with one attached hydrogen (secondary N) is 1. The Morgan fingerprint density at radius 1 is 1.14 bits per heavy atom. The number of nitriles is 1. The third-order valence-corrected chi connectivity index (χ3v) is 4.60. The maximum atomic E-state index is 12.6. The van der Waals surface area contributed by atoms with Crippen molar-refractivity contribution < 1.29 is 14.0 Å². The van der Waals surface area contributed by atoms with Crippen molar-refractivity contribution >= 4 is 17.4 Å². The van der Waals surface area contributed by atoms with Gasteiger partial charge in [0, 0.05) is 11.3 Å². The summed E-state index contributed by atoms with van der Waals surface area (Å²) in [6.07, 6.45) is 0.734. The predicted octanol–water partition coefficient (Wildman–Crippen LogP) is 4.10. The summed E-state index contributed by atoms with van der Waals surface area (Å²) in [5.74, 6) is -1.70. The van der Waals surface area contributed by atoms with Crippen LogP contribution in [0.4, 0.5) is 5.69 Å². The molecule has 0 fully saturated rings. The van der Waals surface area contributed by atoms with Gasteiger partial charge in [0.1, 0.15) is 5.76 Å². The number of Topliss-reactive ketones (excluding diaryl/α,β-unsaturated/α-hetero) is 1. The second kappa shape index (κ2) is 8.98. The van der Waals surface area contributed by atoms with E-state index in [4.69, 9.17) is 4.42 Å². The lowest BCUT2D eigenvalue weighted by Crippen LogP contribution is -2.29. The zero-order valence-corrected chi connectivity index (χ0v) is 16.3. The first-order valence-corrected chi connectivity index (χ1v) is 9.35. The number of ketones is 1. The van der Waals surface area contributed by atoms with Gasteiger partial charge >= 0.3 is 0 Å². The Bertz CT molecular complexity index is 1050. The van der Waals surface area contributed by atoms with Gasteiger partial charge in [0.05, 0.1) is 18.2 Å². The van der Waals surface area contributed by atoms with Crippen LogP contribution in [0.25, 0.3) is 11.5 Å². The Morgan fingerprint density at radius 2 is 1.83 bits per heavy atom. The van der Waals surface area contributed by atoms with Crippen LogP contribution in [0.3, 0.4) is 0 Å². The van der Waals surface area contributed by atoms with Gasteiger partial charge in [-0.2, -0.15) is 5.26 Å². The Balaban J connectivity index is 1.70. The summed E-state index contributed by atoms with van der Waals surface area (Å²) in [7, 11) is 0. The molecule has 1 unspecified atom stereocenters. The number of benzene rings is 2. The van der Waals surface area contributed by atoms with Gasteiger partial charge in [-0.25, -0.2) is 4.98 Å². The molecule has 1 heterocycles. The Hall–Kier alpha value is -3.72. The van der Waals surface area contributed by atoms with E-state index in [2.05, 4.69) is 10.3 Å². The Kier molecular flexibility index (Phi) is 6.20. The lowest BCUT2D eigenvalue weighted by atomic mass is 10.00. The third-order valence-electron chi connectivity index (χ3n) is 4.60. The average Bonchev–Trinajstić information content (AvgIpc) is 3.10. The van der Waals surface area contributed by atoms with Crippen LogP contribution >= 0.6 is 0 Å². The van der Waals surface area contributed by atoms with Crippen LogP contribution in [0.1, 0.15) is 23.9 Å². The summed E-state index contributed by atoms with van der Waals surface area (Å²) >= 11 is 0. The van der Waals surface area contributed by atoms with Gasteiger partial charge in [0.15, 0.2) is 11.7 Å². The molecule has 146 valence electrons. The van der Waals surface area contributed by atoms with Crippen LogP contribution in [-0.2, 0) is 22.4 Å². The van der Waals surface area contributed by atoms with Crippen molar-refractivity contribution in [3.05, 3.63) is 71.6 Å². The zero-order valence-electron chi connectivity index (χ0n) is 16.3. The largest absolute Gasteiger partial charge is 0.441 e. The molecule has 0 bridgehead atoms. The molecule has 1 atom stereocenters. The first-order chi connectivity index (χ1) is 14.0. The summed E-state index contributed by atoms with van der Waals surface area (Å²) in [6, 6.07) is 18.4. The molecule has 0 aliphatic rings. The number of aryl methyl sites for hydroxylation is 2. The Labute approximate surface area is 169 Å². The van der Waals surface area contributed by atoms with E-state index in [-0.39, 0.29) is 6.42 Å². The summed E-state index contributed by atoms with van der Waals surface area (Å²) in [5, 5.41) is 12.0. The predicted molar refractivity (Wildman–Crippen MR) is 109 cm³/mol. The summed E-state index contributed by atoms with van der Waals surface area (Å²) in [6.45, 7) is 3.74. The average molecular weight is 387 g/mol. The molecule has 0 spiro atoms. The summed E-state index contributed by atoms with van der Waals surface area (Å²) in [4.78, 5) is 29.4. The van der Waals surface area contributed by atoms with E-state index in [1.165, 1.54) is 0 Å². The molecule has 6 nitrogen and oxygen atoms in total. The van der Waals surface area contributed by atoms with Crippen molar-refractivity contribution in [1.29, 1.82) is 5.26 Å². The van der Waals surface area contributed by atoms with Crippen molar-refractivity contribution in [2.45, 2.75) is 26.7 Å². The molecule has 1 amide bonds. The normalized spacial score (nSPS) is 11.5. The monoisotopic (exact) mass is 387 g/mol. The molecule has 3 aromatic rings. The first-order valence-electron chi connectivity index (χ1n) is 9.35. The molecule has 0 aliphatic carbocycles. The molecule has 0 aliphatic heterocycles. The van der Waals surface area contributed by atoms with Crippen molar-refractivity contribution in [1.82, 2.24) is 4.98 Å². The topological polar surface area (TPSA) is 96.0 Å². The smallest absolute Gasteiger partial charge is 0.249 e. The van der Waals surface area contributed by atoms with Gasteiger partial charge < -0.3 is 9.73 Å². The highest BCUT2D eigenvalue weighted by Gasteiger charge is 2.28. The first kappa shape index (κ1) is 20.0. The molecule has 6 heteroatoms. The molecule has 1 aromatic heterocycles. The highest BCUT2D eigenvalue weighted by molar-refractivity contribution is 6.09. The minimum Gasteiger partial charge on any atom is -0.441 e. The van der Waals surface area contributed by atoms with Crippen LogP contribution < -0.4 is 5.32 Å². The van der Waals surface area contributed by atoms with E-state index in [1.807, 2.05) is 49.4 Å². The SMILES string of the molecule is CCc1ccc(NC(=O)C(C#N)C(=O)Cc2nc(-c3ccccc3)oc2C)cc1. The lowest BCUT2D eigenvalue weighted by Gasteiger charge is -2.09. The van der Waals surface area contributed by atoms with Crippen LogP contribution in [0.5, 0.6) is 0 Å². The molecule has 0 radical (unpaired) electrons. The van der Waals surface area contributed by atoms with E-state index < -0.39 is 17.6 Å². The minimum absolute atomic E-state index is 0.150. The standard InChI is InChI=1S/C23H21N3O3/c1-3-16-9-11-18(12-10-16)25-22(28)19(14-24)21(27)13-20-15(2)29-23(26-20)17-7-5-4-6-8-17/h4-12,19H,3,13H2,1-2H3,(H,25,28). The second-order valence-corrected chi connectivity index (χ2v) is 6.63. The number of hydrogen-bond donors (Lipinski definition) is 1. The maximum absolute atomic E-state index is 12.6. The van der Waals surface area contributed by atoms with E-state index >= 15 is 0 Å². The number of anilines is 1. The highest BCUT2D eigenvalue weighted by atomic mass is 16.4. The van der Waals surface area contributed by atoms with E-state index in [1.54, 1.807) is 25.1 Å². The van der Waals surface area contributed by atoms with Crippen LogP contribution in [-0.4, -0.2) is 16.7 Å². The van der Waals surface area contributed by atoms with Crippen LogP contribution in [0.2, 0.25) is 0 Å². The quantitative estimate of drug-likeness (QED) is 0.616. The van der Waals surface area contributed by atoms with Crippen molar-refractivity contribution in [3.8, 4) is 17.5 Å². The number of carbonyl (C=O) groups excluding carboxylic acids is 2. The van der Waals surface area contributed by atoms with E-state index in [0.717, 1.165) is 17.5 Å². The van der Waals surface area contributed by atoms with Gasteiger partial charge in [-0.05, 0) is 43.2 Å². The molecule has 0 saturated carbocycles.